The molecule has 160 valence electrons. The van der Waals surface area contributed by atoms with Crippen molar-refractivity contribution in [2.45, 2.75) is 40.2 Å². The highest BCUT2D eigenvalue weighted by Gasteiger charge is 2.15. The molecule has 0 radical (unpaired) electrons. The number of aryl methyl sites for hydroxylation is 2. The first-order chi connectivity index (χ1) is 14.9. The molecule has 0 saturated heterocycles. The van der Waals surface area contributed by atoms with Gasteiger partial charge in [-0.1, -0.05) is 61.9 Å². The Morgan fingerprint density at radius 2 is 1.61 bits per heavy atom. The third kappa shape index (κ3) is 5.45. The standard InChI is InChI=1S/C24H26N4O3/c1-4-17-8-6-7-9-19(17)25-23(30)15-28-24(31)21(26-22(29)5-2)14-20(27-28)18-12-10-16(3)11-13-18/h6-14H,4-5,15H2,1-3H3,(H,25,30)(H,26,29). The summed E-state index contributed by atoms with van der Waals surface area (Å²) in [5, 5.41) is 9.85. The molecule has 0 aliphatic rings. The number of carbonyl (C=O) groups excluding carboxylic acids is 2. The fourth-order valence-corrected chi connectivity index (χ4v) is 3.12. The summed E-state index contributed by atoms with van der Waals surface area (Å²) in [5.41, 5.74) is 3.63. The van der Waals surface area contributed by atoms with E-state index in [2.05, 4.69) is 15.7 Å². The van der Waals surface area contributed by atoms with Gasteiger partial charge in [0.1, 0.15) is 12.2 Å². The van der Waals surface area contributed by atoms with Gasteiger partial charge in [0.15, 0.2) is 0 Å². The monoisotopic (exact) mass is 418 g/mol. The topological polar surface area (TPSA) is 93.1 Å². The molecule has 31 heavy (non-hydrogen) atoms. The zero-order chi connectivity index (χ0) is 22.4. The van der Waals surface area contributed by atoms with Crippen molar-refractivity contribution in [3.63, 3.8) is 0 Å². The lowest BCUT2D eigenvalue weighted by Crippen LogP contribution is -2.32. The number of aromatic nitrogens is 2. The summed E-state index contributed by atoms with van der Waals surface area (Å²) >= 11 is 0. The fourth-order valence-electron chi connectivity index (χ4n) is 3.12. The van der Waals surface area contributed by atoms with Crippen LogP contribution in [-0.4, -0.2) is 21.6 Å². The molecule has 0 fully saturated rings. The molecule has 3 aromatic rings. The molecule has 7 heteroatoms. The normalized spacial score (nSPS) is 10.5. The quantitative estimate of drug-likeness (QED) is 0.611. The van der Waals surface area contributed by atoms with E-state index < -0.39 is 5.56 Å². The number of anilines is 2. The van der Waals surface area contributed by atoms with Gasteiger partial charge >= 0.3 is 0 Å². The first-order valence-electron chi connectivity index (χ1n) is 10.3. The summed E-state index contributed by atoms with van der Waals surface area (Å²) in [6, 6.07) is 16.7. The lowest BCUT2D eigenvalue weighted by Gasteiger charge is -2.13. The van der Waals surface area contributed by atoms with Crippen LogP contribution < -0.4 is 16.2 Å². The van der Waals surface area contributed by atoms with Crippen molar-refractivity contribution in [2.24, 2.45) is 0 Å². The molecule has 0 aliphatic heterocycles. The zero-order valence-electron chi connectivity index (χ0n) is 17.9. The number of carbonyl (C=O) groups is 2. The zero-order valence-corrected chi connectivity index (χ0v) is 17.9. The molecule has 7 nitrogen and oxygen atoms in total. The van der Waals surface area contributed by atoms with Crippen LogP contribution in [0, 0.1) is 6.92 Å². The molecule has 1 aromatic heterocycles. The first-order valence-corrected chi connectivity index (χ1v) is 10.3. The van der Waals surface area contributed by atoms with Gasteiger partial charge in [-0.2, -0.15) is 5.10 Å². The summed E-state index contributed by atoms with van der Waals surface area (Å²) in [7, 11) is 0. The third-order valence-corrected chi connectivity index (χ3v) is 4.88. The number of nitrogens with one attached hydrogen (secondary N) is 2. The molecule has 3 rings (SSSR count). The number of benzene rings is 2. The number of rotatable bonds is 7. The average molecular weight is 418 g/mol. The molecule has 2 N–H and O–H groups in total. The van der Waals surface area contributed by atoms with Gasteiger partial charge in [-0.15, -0.1) is 0 Å². The van der Waals surface area contributed by atoms with E-state index in [4.69, 9.17) is 0 Å². The summed E-state index contributed by atoms with van der Waals surface area (Å²) in [5.74, 6) is -0.657. The van der Waals surface area contributed by atoms with Crippen molar-refractivity contribution in [1.82, 2.24) is 9.78 Å². The molecule has 0 atom stereocenters. The second-order valence-corrected chi connectivity index (χ2v) is 7.23. The van der Waals surface area contributed by atoms with Gasteiger partial charge in [-0.3, -0.25) is 14.4 Å². The maximum Gasteiger partial charge on any atom is 0.291 e. The van der Waals surface area contributed by atoms with Gasteiger partial charge < -0.3 is 10.6 Å². The van der Waals surface area contributed by atoms with Gasteiger partial charge in [-0.25, -0.2) is 4.68 Å². The number of para-hydroxylation sites is 1. The van der Waals surface area contributed by atoms with E-state index >= 15 is 0 Å². The summed E-state index contributed by atoms with van der Waals surface area (Å²) in [6.45, 7) is 5.41. The van der Waals surface area contributed by atoms with Crippen LogP contribution in [0.1, 0.15) is 31.4 Å². The lowest BCUT2D eigenvalue weighted by atomic mass is 10.1. The van der Waals surface area contributed by atoms with E-state index in [0.717, 1.165) is 27.8 Å². The van der Waals surface area contributed by atoms with E-state index in [1.807, 2.05) is 62.4 Å². The number of hydrogen-bond acceptors (Lipinski definition) is 4. The number of amides is 2. The molecule has 0 spiro atoms. The average Bonchev–Trinajstić information content (AvgIpc) is 2.77. The van der Waals surface area contributed by atoms with E-state index in [1.165, 1.54) is 0 Å². The van der Waals surface area contributed by atoms with Crippen molar-refractivity contribution in [3.05, 3.63) is 76.1 Å². The highest BCUT2D eigenvalue weighted by Crippen LogP contribution is 2.19. The van der Waals surface area contributed by atoms with Gasteiger partial charge in [0.05, 0.1) is 5.69 Å². The van der Waals surface area contributed by atoms with Crippen molar-refractivity contribution in [2.75, 3.05) is 10.6 Å². The maximum atomic E-state index is 12.9. The van der Waals surface area contributed by atoms with Gasteiger partial charge in [-0.05, 0) is 31.0 Å². The Hall–Kier alpha value is -3.74. The largest absolute Gasteiger partial charge is 0.324 e. The highest BCUT2D eigenvalue weighted by molar-refractivity contribution is 5.92. The lowest BCUT2D eigenvalue weighted by molar-refractivity contribution is -0.117. The third-order valence-electron chi connectivity index (χ3n) is 4.88. The second-order valence-electron chi connectivity index (χ2n) is 7.23. The van der Waals surface area contributed by atoms with Gasteiger partial charge in [0.25, 0.3) is 5.56 Å². The van der Waals surface area contributed by atoms with E-state index in [1.54, 1.807) is 13.0 Å². The van der Waals surface area contributed by atoms with Crippen LogP contribution in [0.15, 0.2) is 59.4 Å². The Morgan fingerprint density at radius 3 is 2.29 bits per heavy atom. The van der Waals surface area contributed by atoms with Crippen LogP contribution in [0.3, 0.4) is 0 Å². The Bertz CT molecular complexity index is 1150. The molecule has 2 aromatic carbocycles. The molecule has 0 unspecified atom stereocenters. The SMILES string of the molecule is CCC(=O)Nc1cc(-c2ccc(C)cc2)nn(CC(=O)Nc2ccccc2CC)c1=O. The van der Waals surface area contributed by atoms with Crippen LogP contribution >= 0.6 is 0 Å². The van der Waals surface area contributed by atoms with Gasteiger partial charge in [0, 0.05) is 17.7 Å². The van der Waals surface area contributed by atoms with Crippen LogP contribution in [0.4, 0.5) is 11.4 Å². The highest BCUT2D eigenvalue weighted by atomic mass is 16.2. The maximum absolute atomic E-state index is 12.9. The molecular weight excluding hydrogens is 392 g/mol. The van der Waals surface area contributed by atoms with Crippen LogP contribution in [0.5, 0.6) is 0 Å². The Balaban J connectivity index is 1.95. The van der Waals surface area contributed by atoms with Crippen molar-refractivity contribution < 1.29 is 9.59 Å². The van der Waals surface area contributed by atoms with Crippen LogP contribution in [0.25, 0.3) is 11.3 Å². The Morgan fingerprint density at radius 1 is 0.935 bits per heavy atom. The number of nitrogens with zero attached hydrogens (tertiary/aromatic N) is 2. The second kappa shape index (κ2) is 9.84. The molecular formula is C24H26N4O3. The van der Waals surface area contributed by atoms with E-state index in [-0.39, 0.29) is 30.5 Å². The molecule has 0 bridgehead atoms. The Kier molecular flexibility index (Phi) is 6.97. The van der Waals surface area contributed by atoms with Gasteiger partial charge in [0.2, 0.25) is 11.8 Å². The molecule has 2 amide bonds. The van der Waals surface area contributed by atoms with Crippen molar-refractivity contribution in [3.8, 4) is 11.3 Å². The molecule has 0 saturated carbocycles. The molecule has 0 aliphatic carbocycles. The van der Waals surface area contributed by atoms with E-state index in [0.29, 0.717) is 11.4 Å². The van der Waals surface area contributed by atoms with Crippen molar-refractivity contribution >= 4 is 23.2 Å². The number of hydrogen-bond donors (Lipinski definition) is 2. The molecule has 1 heterocycles. The van der Waals surface area contributed by atoms with Crippen LogP contribution in [0.2, 0.25) is 0 Å². The van der Waals surface area contributed by atoms with Crippen LogP contribution in [-0.2, 0) is 22.6 Å². The van der Waals surface area contributed by atoms with E-state index in [9.17, 15) is 14.4 Å². The summed E-state index contributed by atoms with van der Waals surface area (Å²) in [4.78, 5) is 37.5. The smallest absolute Gasteiger partial charge is 0.291 e. The first kappa shape index (κ1) is 22.0. The predicted octanol–water partition coefficient (Wildman–Crippen LogP) is 3.77. The van der Waals surface area contributed by atoms with Crippen molar-refractivity contribution in [1.29, 1.82) is 0 Å². The summed E-state index contributed by atoms with van der Waals surface area (Å²) < 4.78 is 1.09. The minimum Gasteiger partial charge on any atom is -0.324 e. The minimum atomic E-state index is -0.531. The fraction of sp³-hybridized carbons (Fsp3) is 0.250. The summed E-state index contributed by atoms with van der Waals surface area (Å²) in [6.07, 6.45) is 1.00. The minimum absolute atomic E-state index is 0.0965. The Labute approximate surface area is 181 Å². The predicted molar refractivity (Wildman–Crippen MR) is 122 cm³/mol.